The normalized spacial score (nSPS) is 17.6. The fourth-order valence-electron chi connectivity index (χ4n) is 5.06. The molecular formula is C32H38O4. The fraction of sp³-hybridized carbons (Fsp3) is 0.406. The molecule has 0 bridgehead atoms. The first-order valence-corrected chi connectivity index (χ1v) is 13.2. The summed E-state index contributed by atoms with van der Waals surface area (Å²) >= 11 is 0. The third-order valence-corrected chi connectivity index (χ3v) is 7.25. The minimum absolute atomic E-state index is 0.153. The van der Waals surface area contributed by atoms with Gasteiger partial charge < -0.3 is 14.6 Å². The predicted octanol–water partition coefficient (Wildman–Crippen LogP) is 7.22. The number of aryl methyl sites for hydroxylation is 1. The molecule has 0 radical (unpaired) electrons. The molecule has 0 amide bonds. The lowest BCUT2D eigenvalue weighted by Gasteiger charge is -2.26. The quantitative estimate of drug-likeness (QED) is 0.187. The van der Waals surface area contributed by atoms with E-state index in [-0.39, 0.29) is 19.8 Å². The SMILES string of the molecule is C=C(C)C(=O)OCCOc1cc(CCCO)cc2ccc(-c3ccc(C4CCC(C)CC4)cc3)cc12. The number of aliphatic hydroxyl groups is 1. The van der Waals surface area contributed by atoms with Crippen LogP contribution < -0.4 is 4.74 Å². The first kappa shape index (κ1) is 26.0. The van der Waals surface area contributed by atoms with Crippen molar-refractivity contribution in [2.24, 2.45) is 5.92 Å². The maximum Gasteiger partial charge on any atom is 0.333 e. The third-order valence-electron chi connectivity index (χ3n) is 7.25. The number of aliphatic hydroxyl groups excluding tert-OH is 1. The van der Waals surface area contributed by atoms with Crippen LogP contribution in [0, 0.1) is 5.92 Å². The highest BCUT2D eigenvalue weighted by atomic mass is 16.6. The molecule has 1 aliphatic carbocycles. The second kappa shape index (κ2) is 12.2. The average molecular weight is 487 g/mol. The lowest BCUT2D eigenvalue weighted by atomic mass is 9.79. The largest absolute Gasteiger partial charge is 0.489 e. The van der Waals surface area contributed by atoms with Crippen LogP contribution in [0.3, 0.4) is 0 Å². The van der Waals surface area contributed by atoms with E-state index in [1.54, 1.807) is 6.92 Å². The summed E-state index contributed by atoms with van der Waals surface area (Å²) in [4.78, 5) is 11.7. The molecule has 3 aromatic rings. The van der Waals surface area contributed by atoms with E-state index in [9.17, 15) is 9.90 Å². The van der Waals surface area contributed by atoms with Crippen LogP contribution in [0.2, 0.25) is 0 Å². The van der Waals surface area contributed by atoms with Gasteiger partial charge in [-0.1, -0.05) is 68.8 Å². The van der Waals surface area contributed by atoms with E-state index in [0.717, 1.165) is 40.0 Å². The van der Waals surface area contributed by atoms with E-state index in [1.165, 1.54) is 36.8 Å². The summed E-state index contributed by atoms with van der Waals surface area (Å²) in [7, 11) is 0. The number of ether oxygens (including phenoxy) is 2. The molecule has 4 heteroatoms. The number of carbonyl (C=O) groups is 1. The van der Waals surface area contributed by atoms with Gasteiger partial charge in [-0.25, -0.2) is 4.79 Å². The molecule has 1 saturated carbocycles. The molecule has 4 rings (SSSR count). The van der Waals surface area contributed by atoms with Crippen molar-refractivity contribution in [1.82, 2.24) is 0 Å². The Bertz CT molecular complexity index is 1190. The Morgan fingerprint density at radius 2 is 1.69 bits per heavy atom. The van der Waals surface area contributed by atoms with E-state index >= 15 is 0 Å². The van der Waals surface area contributed by atoms with Gasteiger partial charge in [0.1, 0.15) is 19.0 Å². The van der Waals surface area contributed by atoms with Crippen molar-refractivity contribution in [3.63, 3.8) is 0 Å². The summed E-state index contributed by atoms with van der Waals surface area (Å²) in [6.07, 6.45) is 6.70. The molecule has 1 fully saturated rings. The Kier molecular flexibility index (Phi) is 8.82. The van der Waals surface area contributed by atoms with Crippen LogP contribution in [-0.4, -0.2) is 30.9 Å². The average Bonchev–Trinajstić information content (AvgIpc) is 2.90. The monoisotopic (exact) mass is 486 g/mol. The van der Waals surface area contributed by atoms with Crippen molar-refractivity contribution in [3.8, 4) is 16.9 Å². The minimum Gasteiger partial charge on any atom is -0.489 e. The predicted molar refractivity (Wildman–Crippen MR) is 146 cm³/mol. The zero-order chi connectivity index (χ0) is 25.5. The van der Waals surface area contributed by atoms with Crippen LogP contribution in [0.4, 0.5) is 0 Å². The second-order valence-corrected chi connectivity index (χ2v) is 10.2. The zero-order valence-electron chi connectivity index (χ0n) is 21.6. The number of rotatable bonds is 10. The van der Waals surface area contributed by atoms with Gasteiger partial charge in [0.25, 0.3) is 0 Å². The van der Waals surface area contributed by atoms with Crippen molar-refractivity contribution >= 4 is 16.7 Å². The Balaban J connectivity index is 1.55. The number of fused-ring (bicyclic) bond motifs is 1. The van der Waals surface area contributed by atoms with Crippen molar-refractivity contribution in [2.75, 3.05) is 19.8 Å². The van der Waals surface area contributed by atoms with Crippen molar-refractivity contribution in [2.45, 2.75) is 58.3 Å². The molecule has 0 spiro atoms. The lowest BCUT2D eigenvalue weighted by molar-refractivity contribution is -0.139. The molecule has 0 aromatic heterocycles. The van der Waals surface area contributed by atoms with Crippen molar-refractivity contribution < 1.29 is 19.4 Å². The molecule has 190 valence electrons. The van der Waals surface area contributed by atoms with Crippen LogP contribution >= 0.6 is 0 Å². The van der Waals surface area contributed by atoms with Crippen LogP contribution in [0.1, 0.15) is 63.0 Å². The molecule has 0 atom stereocenters. The number of hydrogen-bond donors (Lipinski definition) is 1. The fourth-order valence-corrected chi connectivity index (χ4v) is 5.06. The van der Waals surface area contributed by atoms with E-state index in [0.29, 0.717) is 17.9 Å². The van der Waals surface area contributed by atoms with Gasteiger partial charge in [0.2, 0.25) is 0 Å². The number of esters is 1. The highest BCUT2D eigenvalue weighted by molar-refractivity contribution is 5.93. The number of hydrogen-bond acceptors (Lipinski definition) is 4. The third kappa shape index (κ3) is 6.55. The van der Waals surface area contributed by atoms with E-state index in [2.05, 4.69) is 62.0 Å². The molecule has 4 nitrogen and oxygen atoms in total. The van der Waals surface area contributed by atoms with Crippen LogP contribution in [0.5, 0.6) is 5.75 Å². The van der Waals surface area contributed by atoms with Gasteiger partial charge in [-0.3, -0.25) is 0 Å². The topological polar surface area (TPSA) is 55.8 Å². The number of benzene rings is 3. The van der Waals surface area contributed by atoms with Gasteiger partial charge in [0, 0.05) is 17.6 Å². The second-order valence-electron chi connectivity index (χ2n) is 10.2. The zero-order valence-corrected chi connectivity index (χ0v) is 21.6. The van der Waals surface area contributed by atoms with E-state index < -0.39 is 5.97 Å². The summed E-state index contributed by atoms with van der Waals surface area (Å²) in [6, 6.07) is 19.7. The number of carbonyl (C=O) groups excluding carboxylic acids is 1. The summed E-state index contributed by atoms with van der Waals surface area (Å²) in [6.45, 7) is 8.18. The minimum atomic E-state index is -0.409. The highest BCUT2D eigenvalue weighted by Crippen LogP contribution is 2.37. The molecule has 0 aliphatic heterocycles. The lowest BCUT2D eigenvalue weighted by Crippen LogP contribution is -2.12. The molecule has 1 aliphatic rings. The van der Waals surface area contributed by atoms with Crippen LogP contribution in [0.25, 0.3) is 21.9 Å². The van der Waals surface area contributed by atoms with Crippen LogP contribution in [0.15, 0.2) is 66.7 Å². The molecule has 0 unspecified atom stereocenters. The Morgan fingerprint density at radius 1 is 0.972 bits per heavy atom. The Labute approximate surface area is 214 Å². The van der Waals surface area contributed by atoms with Gasteiger partial charge >= 0.3 is 5.97 Å². The molecule has 0 heterocycles. The maximum absolute atomic E-state index is 11.7. The Morgan fingerprint density at radius 3 is 2.39 bits per heavy atom. The molecule has 3 aromatic carbocycles. The first-order chi connectivity index (χ1) is 17.4. The Hall–Kier alpha value is -3.11. The van der Waals surface area contributed by atoms with Gasteiger partial charge in [-0.05, 0) is 84.2 Å². The van der Waals surface area contributed by atoms with E-state index in [4.69, 9.17) is 9.47 Å². The van der Waals surface area contributed by atoms with Gasteiger partial charge in [-0.15, -0.1) is 0 Å². The molecule has 1 N–H and O–H groups in total. The van der Waals surface area contributed by atoms with Crippen molar-refractivity contribution in [1.29, 1.82) is 0 Å². The highest BCUT2D eigenvalue weighted by Gasteiger charge is 2.19. The molecular weight excluding hydrogens is 448 g/mol. The summed E-state index contributed by atoms with van der Waals surface area (Å²) in [5.74, 6) is 1.90. The standard InChI is InChI=1S/C32H38O4/c1-22(2)32(34)36-18-17-35-31-20-24(5-4-16-33)19-29-15-14-28(21-30(29)31)27-12-10-26(11-13-27)25-8-6-23(3)7-9-25/h10-15,19-21,23,25,33H,1,4-9,16-18H2,2-3H3. The summed E-state index contributed by atoms with van der Waals surface area (Å²) < 4.78 is 11.3. The van der Waals surface area contributed by atoms with Gasteiger partial charge in [-0.2, -0.15) is 0 Å². The first-order valence-electron chi connectivity index (χ1n) is 13.2. The maximum atomic E-state index is 11.7. The van der Waals surface area contributed by atoms with Crippen LogP contribution in [-0.2, 0) is 16.0 Å². The van der Waals surface area contributed by atoms with Gasteiger partial charge in [0.15, 0.2) is 0 Å². The van der Waals surface area contributed by atoms with Crippen molar-refractivity contribution in [3.05, 3.63) is 77.9 Å². The summed E-state index contributed by atoms with van der Waals surface area (Å²) in [5, 5.41) is 11.4. The van der Waals surface area contributed by atoms with Gasteiger partial charge in [0.05, 0.1) is 0 Å². The van der Waals surface area contributed by atoms with E-state index in [1.807, 2.05) is 6.07 Å². The summed E-state index contributed by atoms with van der Waals surface area (Å²) in [5.41, 5.74) is 5.28. The smallest absolute Gasteiger partial charge is 0.333 e. The molecule has 0 saturated heterocycles. The molecule has 36 heavy (non-hydrogen) atoms.